The molecule has 6 heteroatoms. The van der Waals surface area contributed by atoms with Crippen LogP contribution in [0.2, 0.25) is 0 Å². The van der Waals surface area contributed by atoms with Gasteiger partial charge in [0, 0.05) is 31.3 Å². The summed E-state index contributed by atoms with van der Waals surface area (Å²) >= 11 is 3.28. The molecule has 102 valence electrons. The van der Waals surface area contributed by atoms with Crippen molar-refractivity contribution in [3.63, 3.8) is 0 Å². The largest absolute Gasteiger partial charge is 0.347 e. The van der Waals surface area contributed by atoms with E-state index in [1.807, 2.05) is 0 Å². The Hall–Kier alpha value is -1.43. The summed E-state index contributed by atoms with van der Waals surface area (Å²) in [5, 5.41) is 0. The van der Waals surface area contributed by atoms with E-state index < -0.39 is 0 Å². The Kier molecular flexibility index (Phi) is 4.19. The number of pyridine rings is 1. The van der Waals surface area contributed by atoms with Gasteiger partial charge in [0.05, 0.1) is 0 Å². The van der Waals surface area contributed by atoms with Crippen LogP contribution in [0.1, 0.15) is 23.3 Å². The van der Waals surface area contributed by atoms with Crippen LogP contribution >= 0.6 is 15.9 Å². The first-order chi connectivity index (χ1) is 9.00. The lowest BCUT2D eigenvalue weighted by atomic mass is 10.2. The van der Waals surface area contributed by atoms with Gasteiger partial charge in [0.1, 0.15) is 11.7 Å². The molecule has 1 aliphatic heterocycles. The summed E-state index contributed by atoms with van der Waals surface area (Å²) in [6.07, 6.45) is 3.16. The first kappa shape index (κ1) is 14.0. The Labute approximate surface area is 120 Å². The maximum atomic E-state index is 12.4. The number of carbonyl (C=O) groups is 2. The van der Waals surface area contributed by atoms with Gasteiger partial charge in [-0.1, -0.05) is 0 Å². The minimum Gasteiger partial charge on any atom is -0.347 e. The van der Waals surface area contributed by atoms with Gasteiger partial charge in [-0.15, -0.1) is 0 Å². The van der Waals surface area contributed by atoms with Gasteiger partial charge in [-0.05, 0) is 40.9 Å². The van der Waals surface area contributed by atoms with Crippen LogP contribution in [0.15, 0.2) is 22.8 Å². The number of amides is 2. The zero-order valence-electron chi connectivity index (χ0n) is 11.0. The fraction of sp³-hybridized carbons (Fsp3) is 0.462. The first-order valence-electron chi connectivity index (χ1n) is 6.14. The summed E-state index contributed by atoms with van der Waals surface area (Å²) in [7, 11) is 3.42. The van der Waals surface area contributed by atoms with Crippen LogP contribution in [0.5, 0.6) is 0 Å². The molecular formula is C13H16BrN3O2. The third-order valence-corrected chi connectivity index (χ3v) is 3.66. The number of halogens is 1. The maximum absolute atomic E-state index is 12.4. The Balaban J connectivity index is 2.18. The van der Waals surface area contributed by atoms with Crippen LogP contribution < -0.4 is 0 Å². The molecule has 0 aliphatic carbocycles. The molecule has 1 aromatic heterocycles. The quantitative estimate of drug-likeness (QED) is 0.828. The summed E-state index contributed by atoms with van der Waals surface area (Å²) < 4.78 is 0.825. The second kappa shape index (κ2) is 5.69. The van der Waals surface area contributed by atoms with Crippen molar-refractivity contribution in [2.24, 2.45) is 0 Å². The zero-order chi connectivity index (χ0) is 14.0. The van der Waals surface area contributed by atoms with Crippen LogP contribution in [0.25, 0.3) is 0 Å². The van der Waals surface area contributed by atoms with Gasteiger partial charge in [-0.2, -0.15) is 0 Å². The number of likely N-dealkylation sites (N-methyl/N-ethyl adjacent to an activating group) is 1. The van der Waals surface area contributed by atoms with E-state index in [0.29, 0.717) is 12.2 Å². The highest BCUT2D eigenvalue weighted by molar-refractivity contribution is 9.10. The van der Waals surface area contributed by atoms with Crippen molar-refractivity contribution in [3.05, 3.63) is 28.5 Å². The summed E-state index contributed by atoms with van der Waals surface area (Å²) in [5.74, 6) is -0.201. The number of hydrogen-bond acceptors (Lipinski definition) is 3. The summed E-state index contributed by atoms with van der Waals surface area (Å²) in [4.78, 5) is 31.7. The Morgan fingerprint density at radius 1 is 1.42 bits per heavy atom. The molecule has 0 N–H and O–H groups in total. The number of hydrogen-bond donors (Lipinski definition) is 0. The fourth-order valence-corrected chi connectivity index (χ4v) is 2.45. The molecule has 2 amide bonds. The number of likely N-dealkylation sites (tertiary alicyclic amines) is 1. The van der Waals surface area contributed by atoms with Crippen LogP contribution in [0, 0.1) is 0 Å². The highest BCUT2D eigenvalue weighted by atomic mass is 79.9. The fourth-order valence-electron chi connectivity index (χ4n) is 2.21. The van der Waals surface area contributed by atoms with Gasteiger partial charge in [0.15, 0.2) is 0 Å². The molecule has 1 atom stereocenters. The third-order valence-electron chi connectivity index (χ3n) is 3.19. The minimum absolute atomic E-state index is 0.0250. The topological polar surface area (TPSA) is 53.5 Å². The van der Waals surface area contributed by atoms with E-state index in [0.717, 1.165) is 17.3 Å². The van der Waals surface area contributed by atoms with E-state index in [2.05, 4.69) is 20.9 Å². The van der Waals surface area contributed by atoms with Gasteiger partial charge < -0.3 is 9.80 Å². The standard InChI is InChI=1S/C13H16BrN3O2/c1-16(2)13(19)11-4-3-7-17(11)12(18)10-6-5-9(14)8-15-10/h5-6,8,11H,3-4,7H2,1-2H3. The van der Waals surface area contributed by atoms with Crippen LogP contribution in [-0.4, -0.2) is 53.3 Å². The van der Waals surface area contributed by atoms with E-state index in [9.17, 15) is 9.59 Å². The first-order valence-corrected chi connectivity index (χ1v) is 6.93. The van der Waals surface area contributed by atoms with Crippen LogP contribution in [0.4, 0.5) is 0 Å². The van der Waals surface area contributed by atoms with E-state index in [-0.39, 0.29) is 17.9 Å². The molecule has 1 fully saturated rings. The maximum Gasteiger partial charge on any atom is 0.273 e. The molecule has 5 nitrogen and oxygen atoms in total. The lowest BCUT2D eigenvalue weighted by Crippen LogP contribution is -2.45. The predicted molar refractivity (Wildman–Crippen MR) is 74.7 cm³/mol. The number of rotatable bonds is 2. The van der Waals surface area contributed by atoms with Gasteiger partial charge >= 0.3 is 0 Å². The minimum atomic E-state index is -0.354. The molecule has 1 aromatic rings. The van der Waals surface area contributed by atoms with E-state index in [1.165, 1.54) is 4.90 Å². The average molecular weight is 326 g/mol. The zero-order valence-corrected chi connectivity index (χ0v) is 12.6. The van der Waals surface area contributed by atoms with E-state index in [1.54, 1.807) is 37.3 Å². The monoisotopic (exact) mass is 325 g/mol. The van der Waals surface area contributed by atoms with Crippen LogP contribution in [-0.2, 0) is 4.79 Å². The number of nitrogens with zero attached hydrogens (tertiary/aromatic N) is 3. The molecular weight excluding hydrogens is 310 g/mol. The van der Waals surface area contributed by atoms with Gasteiger partial charge in [-0.25, -0.2) is 4.98 Å². The average Bonchev–Trinajstić information content (AvgIpc) is 2.86. The Morgan fingerprint density at radius 2 is 2.16 bits per heavy atom. The highest BCUT2D eigenvalue weighted by Gasteiger charge is 2.35. The SMILES string of the molecule is CN(C)C(=O)C1CCCN1C(=O)c1ccc(Br)cn1. The summed E-state index contributed by atoms with van der Waals surface area (Å²) in [5.41, 5.74) is 0.377. The molecule has 2 heterocycles. The van der Waals surface area contributed by atoms with Crippen LogP contribution in [0.3, 0.4) is 0 Å². The highest BCUT2D eigenvalue weighted by Crippen LogP contribution is 2.21. The second-order valence-corrected chi connectivity index (χ2v) is 5.67. The van der Waals surface area contributed by atoms with Crippen molar-refractivity contribution in [1.82, 2.24) is 14.8 Å². The molecule has 0 saturated carbocycles. The molecule has 1 saturated heterocycles. The van der Waals surface area contributed by atoms with Crippen molar-refractivity contribution < 1.29 is 9.59 Å². The Bertz CT molecular complexity index is 487. The van der Waals surface area contributed by atoms with Crippen molar-refractivity contribution >= 4 is 27.7 Å². The lowest BCUT2D eigenvalue weighted by Gasteiger charge is -2.25. The lowest BCUT2D eigenvalue weighted by molar-refractivity contribution is -0.132. The molecule has 2 rings (SSSR count). The Morgan fingerprint density at radius 3 is 2.74 bits per heavy atom. The van der Waals surface area contributed by atoms with Gasteiger partial charge in [0.2, 0.25) is 5.91 Å². The summed E-state index contributed by atoms with van der Waals surface area (Å²) in [6, 6.07) is 3.09. The smallest absolute Gasteiger partial charge is 0.273 e. The second-order valence-electron chi connectivity index (χ2n) is 4.75. The van der Waals surface area contributed by atoms with Gasteiger partial charge in [0.25, 0.3) is 5.91 Å². The molecule has 19 heavy (non-hydrogen) atoms. The van der Waals surface area contributed by atoms with Crippen molar-refractivity contribution in [2.75, 3.05) is 20.6 Å². The van der Waals surface area contributed by atoms with Gasteiger partial charge in [-0.3, -0.25) is 9.59 Å². The van der Waals surface area contributed by atoms with Crippen molar-refractivity contribution in [3.8, 4) is 0 Å². The predicted octanol–water partition coefficient (Wildman–Crippen LogP) is 1.54. The number of carbonyl (C=O) groups excluding carboxylic acids is 2. The van der Waals surface area contributed by atoms with E-state index in [4.69, 9.17) is 0 Å². The molecule has 0 radical (unpaired) electrons. The number of aromatic nitrogens is 1. The molecule has 1 aliphatic rings. The van der Waals surface area contributed by atoms with E-state index >= 15 is 0 Å². The van der Waals surface area contributed by atoms with Crippen molar-refractivity contribution in [2.45, 2.75) is 18.9 Å². The third kappa shape index (κ3) is 2.94. The molecule has 0 bridgehead atoms. The molecule has 0 spiro atoms. The van der Waals surface area contributed by atoms with Crippen molar-refractivity contribution in [1.29, 1.82) is 0 Å². The normalized spacial score (nSPS) is 18.5. The summed E-state index contributed by atoms with van der Waals surface area (Å²) in [6.45, 7) is 0.612. The molecule has 1 unspecified atom stereocenters. The molecule has 0 aromatic carbocycles.